The number of piperidine rings is 1. The summed E-state index contributed by atoms with van der Waals surface area (Å²) in [6.45, 7) is 1.95. The highest BCUT2D eigenvalue weighted by Gasteiger charge is 2.29. The van der Waals surface area contributed by atoms with Crippen molar-refractivity contribution in [2.75, 3.05) is 13.1 Å². The number of aliphatic hydroxyl groups is 1. The number of aromatic nitrogens is 1. The Labute approximate surface area is 139 Å². The lowest BCUT2D eigenvalue weighted by molar-refractivity contribution is 0.0339. The lowest BCUT2D eigenvalue weighted by Crippen LogP contribution is -2.53. The molecule has 6 nitrogen and oxygen atoms in total. The van der Waals surface area contributed by atoms with Crippen molar-refractivity contribution >= 4 is 17.5 Å². The van der Waals surface area contributed by atoms with E-state index in [1.807, 2.05) is 18.2 Å². The van der Waals surface area contributed by atoms with E-state index in [0.29, 0.717) is 19.5 Å². The van der Waals surface area contributed by atoms with Crippen molar-refractivity contribution in [1.82, 2.24) is 15.2 Å². The maximum absolute atomic E-state index is 12.0. The van der Waals surface area contributed by atoms with E-state index in [2.05, 4.69) is 15.2 Å². The molecule has 0 spiro atoms. The fourth-order valence-corrected chi connectivity index (χ4v) is 2.85. The minimum atomic E-state index is -0.637. The molecule has 1 fully saturated rings. The largest absolute Gasteiger partial charge is 0.440 e. The molecule has 2 aromatic heterocycles. The zero-order valence-electron chi connectivity index (χ0n) is 12.5. The second kappa shape index (κ2) is 7.12. The van der Waals surface area contributed by atoms with E-state index in [1.165, 1.54) is 12.1 Å². The number of hydrogen-bond donors (Lipinski definition) is 2. The molecule has 2 aromatic rings. The average Bonchev–Trinajstić information content (AvgIpc) is 2.98. The summed E-state index contributed by atoms with van der Waals surface area (Å²) in [5, 5.41) is 13.3. The van der Waals surface area contributed by atoms with Gasteiger partial charge in [-0.15, -0.1) is 0 Å². The Morgan fingerprint density at radius 2 is 2.30 bits per heavy atom. The molecule has 1 aliphatic heterocycles. The number of aliphatic hydroxyl groups excluding tert-OH is 1. The van der Waals surface area contributed by atoms with Crippen molar-refractivity contribution in [2.24, 2.45) is 0 Å². The van der Waals surface area contributed by atoms with E-state index in [1.54, 1.807) is 6.20 Å². The Morgan fingerprint density at radius 3 is 2.96 bits per heavy atom. The van der Waals surface area contributed by atoms with Crippen LogP contribution in [0.25, 0.3) is 0 Å². The van der Waals surface area contributed by atoms with Gasteiger partial charge >= 0.3 is 0 Å². The number of likely N-dealkylation sites (tertiary alicyclic amines) is 1. The van der Waals surface area contributed by atoms with Crippen LogP contribution in [0.1, 0.15) is 22.7 Å². The molecule has 2 N–H and O–H groups in total. The molecular weight excluding hydrogens is 318 g/mol. The molecule has 0 radical (unpaired) electrons. The summed E-state index contributed by atoms with van der Waals surface area (Å²) in [7, 11) is 0. The van der Waals surface area contributed by atoms with Gasteiger partial charge in [-0.3, -0.25) is 14.7 Å². The van der Waals surface area contributed by atoms with Gasteiger partial charge in [-0.25, -0.2) is 0 Å². The smallest absolute Gasteiger partial charge is 0.287 e. The molecule has 2 atom stereocenters. The predicted molar refractivity (Wildman–Crippen MR) is 85.1 cm³/mol. The van der Waals surface area contributed by atoms with Gasteiger partial charge in [0, 0.05) is 25.8 Å². The molecular formula is C16H18ClN3O3. The van der Waals surface area contributed by atoms with Gasteiger partial charge in [0.2, 0.25) is 0 Å². The van der Waals surface area contributed by atoms with Gasteiger partial charge in [0.25, 0.3) is 5.91 Å². The van der Waals surface area contributed by atoms with Crippen molar-refractivity contribution < 1.29 is 14.3 Å². The number of rotatable bonds is 4. The van der Waals surface area contributed by atoms with Crippen LogP contribution in [0, 0.1) is 0 Å². The van der Waals surface area contributed by atoms with Gasteiger partial charge < -0.3 is 14.8 Å². The molecule has 0 unspecified atom stereocenters. The third kappa shape index (κ3) is 4.10. The van der Waals surface area contributed by atoms with Crippen molar-refractivity contribution in [3.05, 3.63) is 53.2 Å². The van der Waals surface area contributed by atoms with Crippen LogP contribution in [0.3, 0.4) is 0 Å². The van der Waals surface area contributed by atoms with Crippen LogP contribution in [0.4, 0.5) is 0 Å². The standard InChI is InChI=1S/C16H18ClN3O3/c17-15-5-4-14(23-15)16(22)19-12-6-8-20(10-13(12)21)9-11-3-1-2-7-18-11/h1-5,7,12-13,21H,6,8-10H2,(H,19,22)/t12-,13-/m1/s1. The Balaban J connectivity index is 1.53. The summed E-state index contributed by atoms with van der Waals surface area (Å²) in [6, 6.07) is 8.51. The first-order chi connectivity index (χ1) is 11.1. The first kappa shape index (κ1) is 16.0. The second-order valence-electron chi connectivity index (χ2n) is 5.60. The van der Waals surface area contributed by atoms with E-state index in [0.717, 1.165) is 12.2 Å². The maximum atomic E-state index is 12.0. The summed E-state index contributed by atoms with van der Waals surface area (Å²) < 4.78 is 5.08. The van der Waals surface area contributed by atoms with Crippen LogP contribution in [0.15, 0.2) is 40.9 Å². The lowest BCUT2D eigenvalue weighted by atomic mass is 10.0. The van der Waals surface area contributed by atoms with E-state index < -0.39 is 6.10 Å². The minimum Gasteiger partial charge on any atom is -0.440 e. The molecule has 3 heterocycles. The van der Waals surface area contributed by atoms with Crippen LogP contribution in [-0.2, 0) is 6.54 Å². The van der Waals surface area contributed by atoms with Gasteiger partial charge in [-0.05, 0) is 42.3 Å². The zero-order valence-corrected chi connectivity index (χ0v) is 13.2. The summed E-state index contributed by atoms with van der Waals surface area (Å²) in [4.78, 5) is 18.5. The number of pyridine rings is 1. The van der Waals surface area contributed by atoms with Gasteiger partial charge in [-0.1, -0.05) is 6.07 Å². The van der Waals surface area contributed by atoms with Crippen molar-refractivity contribution in [3.63, 3.8) is 0 Å². The Kier molecular flexibility index (Phi) is 4.95. The number of carbonyl (C=O) groups is 1. The normalized spacial score (nSPS) is 22.0. The quantitative estimate of drug-likeness (QED) is 0.889. The number of nitrogens with zero attached hydrogens (tertiary/aromatic N) is 2. The first-order valence-corrected chi connectivity index (χ1v) is 7.86. The number of halogens is 1. The van der Waals surface area contributed by atoms with Crippen LogP contribution in [-0.4, -0.2) is 46.1 Å². The molecule has 7 heteroatoms. The zero-order chi connectivity index (χ0) is 16.2. The van der Waals surface area contributed by atoms with E-state index >= 15 is 0 Å². The molecule has 1 saturated heterocycles. The molecule has 1 amide bonds. The Bertz CT molecular complexity index is 662. The average molecular weight is 336 g/mol. The fraction of sp³-hybridized carbons (Fsp3) is 0.375. The van der Waals surface area contributed by atoms with Crippen LogP contribution < -0.4 is 5.32 Å². The monoisotopic (exact) mass is 335 g/mol. The lowest BCUT2D eigenvalue weighted by Gasteiger charge is -2.35. The number of β-amino-alcohol motifs (C(OH)–C–C–N with tert-alkyl or cyclic N) is 1. The molecule has 0 bridgehead atoms. The summed E-state index contributed by atoms with van der Waals surface area (Å²) in [6.07, 6.45) is 1.78. The third-order valence-electron chi connectivity index (χ3n) is 3.89. The van der Waals surface area contributed by atoms with Crippen molar-refractivity contribution in [3.8, 4) is 0 Å². The maximum Gasteiger partial charge on any atom is 0.287 e. The summed E-state index contributed by atoms with van der Waals surface area (Å²) >= 11 is 5.66. The highest BCUT2D eigenvalue weighted by Crippen LogP contribution is 2.16. The van der Waals surface area contributed by atoms with Crippen LogP contribution in [0.2, 0.25) is 5.22 Å². The number of carbonyl (C=O) groups excluding carboxylic acids is 1. The Morgan fingerprint density at radius 1 is 1.43 bits per heavy atom. The van der Waals surface area contributed by atoms with Gasteiger partial charge in [0.1, 0.15) is 0 Å². The molecule has 1 aliphatic rings. The van der Waals surface area contributed by atoms with E-state index in [-0.39, 0.29) is 22.9 Å². The number of nitrogens with one attached hydrogen (secondary N) is 1. The first-order valence-electron chi connectivity index (χ1n) is 7.48. The molecule has 122 valence electrons. The van der Waals surface area contributed by atoms with Gasteiger partial charge in [0.15, 0.2) is 11.0 Å². The van der Waals surface area contributed by atoms with Crippen molar-refractivity contribution in [1.29, 1.82) is 0 Å². The predicted octanol–water partition coefficient (Wildman–Crippen LogP) is 1.69. The summed E-state index contributed by atoms with van der Waals surface area (Å²) in [5.41, 5.74) is 0.965. The van der Waals surface area contributed by atoms with Crippen LogP contribution in [0.5, 0.6) is 0 Å². The molecule has 3 rings (SSSR count). The topological polar surface area (TPSA) is 78.6 Å². The van der Waals surface area contributed by atoms with E-state index in [9.17, 15) is 9.90 Å². The SMILES string of the molecule is O=C(N[C@@H]1CCN(Cc2ccccn2)C[C@H]1O)c1ccc(Cl)o1. The minimum absolute atomic E-state index is 0.151. The van der Waals surface area contributed by atoms with Crippen LogP contribution >= 0.6 is 11.6 Å². The molecule has 0 saturated carbocycles. The van der Waals surface area contributed by atoms with Gasteiger partial charge in [-0.2, -0.15) is 0 Å². The fourth-order valence-electron chi connectivity index (χ4n) is 2.71. The highest BCUT2D eigenvalue weighted by molar-refractivity contribution is 6.29. The third-order valence-corrected chi connectivity index (χ3v) is 4.09. The summed E-state index contributed by atoms with van der Waals surface area (Å²) in [5.74, 6) is -0.211. The van der Waals surface area contributed by atoms with E-state index in [4.69, 9.17) is 16.0 Å². The molecule has 23 heavy (non-hydrogen) atoms. The highest BCUT2D eigenvalue weighted by atomic mass is 35.5. The number of hydrogen-bond acceptors (Lipinski definition) is 5. The molecule has 0 aliphatic carbocycles. The number of amides is 1. The number of furan rings is 1. The molecule has 0 aromatic carbocycles. The Hall–Kier alpha value is -1.89. The van der Waals surface area contributed by atoms with Crippen molar-refractivity contribution in [2.45, 2.75) is 25.1 Å². The second-order valence-corrected chi connectivity index (χ2v) is 5.97. The van der Waals surface area contributed by atoms with Gasteiger partial charge in [0.05, 0.1) is 17.8 Å².